The van der Waals surface area contributed by atoms with E-state index < -0.39 is 182 Å². The van der Waals surface area contributed by atoms with E-state index in [4.69, 9.17) is 47.4 Å². The van der Waals surface area contributed by atoms with Crippen LogP contribution >= 0.6 is 0 Å². The second-order valence-electron chi connectivity index (χ2n) is 20.7. The van der Waals surface area contributed by atoms with Crippen molar-refractivity contribution in [1.29, 1.82) is 0 Å². The van der Waals surface area contributed by atoms with Crippen LogP contribution in [0.25, 0.3) is 0 Å². The van der Waals surface area contributed by atoms with Gasteiger partial charge in [-0.2, -0.15) is 0 Å². The summed E-state index contributed by atoms with van der Waals surface area (Å²) in [6.45, 7) is 1.32. The molecule has 8 rings (SSSR count). The Morgan fingerprint density at radius 3 is 1.06 bits per heavy atom. The number of hydrogen-bond acceptors (Lipinski definition) is 30. The van der Waals surface area contributed by atoms with Crippen LogP contribution in [0.1, 0.15) is 58.5 Å². The van der Waals surface area contributed by atoms with E-state index in [1.807, 2.05) is 0 Å². The molecule has 0 unspecified atom stereocenters. The van der Waals surface area contributed by atoms with Gasteiger partial charge in [-0.15, -0.1) is 0 Å². The van der Waals surface area contributed by atoms with Crippen molar-refractivity contribution in [3.8, 4) is 57.5 Å². The van der Waals surface area contributed by atoms with Gasteiger partial charge in [-0.1, -0.05) is 12.1 Å². The van der Waals surface area contributed by atoms with Crippen molar-refractivity contribution in [2.75, 3.05) is 27.4 Å². The lowest BCUT2D eigenvalue weighted by Crippen LogP contribution is -2.64. The third kappa shape index (κ3) is 15.1. The molecular weight excluding hydrogens is 1150 g/mol. The normalized spacial score (nSPS) is 32.7. The van der Waals surface area contributed by atoms with Crippen LogP contribution < -0.4 is 18.9 Å². The van der Waals surface area contributed by atoms with Crippen molar-refractivity contribution in [2.24, 2.45) is 0 Å². The minimum absolute atomic E-state index is 0.110. The van der Waals surface area contributed by atoms with Gasteiger partial charge in [0.2, 0.25) is 12.6 Å². The largest absolute Gasteiger partial charge is 0.507 e. The summed E-state index contributed by atoms with van der Waals surface area (Å²) in [7, 11) is 2.79. The SMILES string of the molecule is COc1ccc(CCC(=O)c2c(O)cc(O[C@@H]3O[C@H](CO)[C@@H](O)[C@H](O)[C@H]3O[C@@H]3O[C@@H](C)[C@H](O)[C@@H](O)[C@H]3O)cc2O)cc1O.COc1ccc(CCC(=O)c2c(O)cc(O[C@@H]3O[C@H](CO)[C@@H](O)[C@H](O)[C@H]3O[C@@H]3O[C@@H](C)[C@H](O)[C@@H](O)[C@H]3O)cc2O)cc1O. The van der Waals surface area contributed by atoms with Crippen molar-refractivity contribution in [3.63, 3.8) is 0 Å². The van der Waals surface area contributed by atoms with E-state index in [-0.39, 0.29) is 60.2 Å². The number of benzene rings is 4. The molecule has 18 N–H and O–H groups in total. The van der Waals surface area contributed by atoms with Crippen molar-refractivity contribution >= 4 is 11.6 Å². The third-order valence-corrected chi connectivity index (χ3v) is 14.8. The maximum atomic E-state index is 12.9. The summed E-state index contributed by atoms with van der Waals surface area (Å²) in [4.78, 5) is 25.7. The van der Waals surface area contributed by atoms with E-state index in [1.54, 1.807) is 12.1 Å². The summed E-state index contributed by atoms with van der Waals surface area (Å²) in [5.41, 5.74) is 0.417. The lowest BCUT2D eigenvalue weighted by atomic mass is 9.97. The third-order valence-electron chi connectivity index (χ3n) is 14.8. The fourth-order valence-corrected chi connectivity index (χ4v) is 9.85. The highest BCUT2D eigenvalue weighted by atomic mass is 16.8. The number of Topliss-reactive ketones (excluding diaryl/α,β-unsaturated/α-hetero) is 2. The summed E-state index contributed by atoms with van der Waals surface area (Å²) >= 11 is 0. The van der Waals surface area contributed by atoms with Crippen molar-refractivity contribution in [2.45, 2.75) is 162 Å². The van der Waals surface area contributed by atoms with Gasteiger partial charge in [-0.3, -0.25) is 9.59 Å². The number of ether oxygens (including phenoxy) is 10. The van der Waals surface area contributed by atoms with Crippen LogP contribution in [-0.2, 0) is 41.3 Å². The Balaban J connectivity index is 0.000000246. The number of ketones is 2. The van der Waals surface area contributed by atoms with Crippen molar-refractivity contribution in [3.05, 3.63) is 82.9 Å². The zero-order valence-electron chi connectivity index (χ0n) is 46.5. The Morgan fingerprint density at radius 2 is 0.756 bits per heavy atom. The summed E-state index contributed by atoms with van der Waals surface area (Å²) in [5.74, 6) is -4.07. The summed E-state index contributed by atoms with van der Waals surface area (Å²) in [6.07, 6.45) is -31.1. The van der Waals surface area contributed by atoms with Crippen LogP contribution in [0.4, 0.5) is 0 Å². The number of aliphatic hydroxyl groups is 12. The molecule has 4 aliphatic rings. The van der Waals surface area contributed by atoms with Gasteiger partial charge in [-0.25, -0.2) is 0 Å². The lowest BCUT2D eigenvalue weighted by molar-refractivity contribution is -0.354. The molecule has 0 aliphatic carbocycles. The van der Waals surface area contributed by atoms with Crippen molar-refractivity contribution < 1.29 is 149 Å². The second-order valence-corrected chi connectivity index (χ2v) is 20.7. The Morgan fingerprint density at radius 1 is 0.419 bits per heavy atom. The number of hydrogen-bond donors (Lipinski definition) is 18. The topological polar surface area (TPSA) is 491 Å². The molecule has 0 spiro atoms. The molecule has 0 aromatic heterocycles. The first kappa shape index (κ1) is 67.0. The number of carbonyl (C=O) groups excluding carboxylic acids is 2. The van der Waals surface area contributed by atoms with Gasteiger partial charge in [0.15, 0.2) is 59.4 Å². The zero-order chi connectivity index (χ0) is 63.2. The Bertz CT molecular complexity index is 2690. The number of phenolic OH excluding ortho intramolecular Hbond substituents is 6. The van der Waals surface area contributed by atoms with E-state index >= 15 is 0 Å². The Hall–Kier alpha value is -6.50. The summed E-state index contributed by atoms with van der Waals surface area (Å²) in [5, 5.41) is 185. The number of rotatable bonds is 20. The van der Waals surface area contributed by atoms with Crippen LogP contribution in [0.3, 0.4) is 0 Å². The molecule has 4 saturated heterocycles. The maximum absolute atomic E-state index is 12.9. The first-order chi connectivity index (χ1) is 40.7. The molecule has 4 aromatic rings. The predicted molar refractivity (Wildman–Crippen MR) is 285 cm³/mol. The maximum Gasteiger partial charge on any atom is 0.229 e. The fraction of sp³-hybridized carbons (Fsp3) is 0.536. The molecular formula is C56H72O30. The molecule has 86 heavy (non-hydrogen) atoms. The molecule has 4 heterocycles. The molecule has 30 heteroatoms. The van der Waals surface area contributed by atoms with Gasteiger partial charge in [-0.05, 0) is 62.1 Å². The van der Waals surface area contributed by atoms with Crippen LogP contribution in [0.2, 0.25) is 0 Å². The number of aliphatic hydroxyl groups excluding tert-OH is 12. The van der Waals surface area contributed by atoms with Gasteiger partial charge in [0.05, 0.1) is 39.6 Å². The van der Waals surface area contributed by atoms with E-state index in [0.29, 0.717) is 11.1 Å². The standard InChI is InChI=1S/2C28H36O15/c2*1-11-21(34)23(36)25(38)27(40-11)43-26-24(37)22(35)19(10-29)42-28(26)41-13-8-16(32)20(17(33)9-13)14(30)5-3-12-4-6-18(39-2)15(31)7-12/h2*4,6-9,11,19,21-29,31-38H,3,5,10H2,1-2H3/t2*11-,19+,21-,22+,23+,24-,25+,26+,27-,28+/m00/s1. The predicted octanol–water partition coefficient (Wildman–Crippen LogP) is -2.68. The van der Waals surface area contributed by atoms with Crippen LogP contribution in [0, 0.1) is 0 Å². The van der Waals surface area contributed by atoms with Gasteiger partial charge in [0.1, 0.15) is 119 Å². The highest BCUT2D eigenvalue weighted by Crippen LogP contribution is 2.40. The molecule has 4 aromatic carbocycles. The fourth-order valence-electron chi connectivity index (χ4n) is 9.85. The smallest absolute Gasteiger partial charge is 0.229 e. The molecule has 0 radical (unpaired) electrons. The van der Waals surface area contributed by atoms with Gasteiger partial charge in [0, 0.05) is 37.1 Å². The minimum Gasteiger partial charge on any atom is -0.507 e. The highest BCUT2D eigenvalue weighted by molar-refractivity contribution is 6.02. The Kier molecular flexibility index (Phi) is 22.6. The van der Waals surface area contributed by atoms with Crippen LogP contribution in [0.5, 0.6) is 57.5 Å². The number of carbonyl (C=O) groups is 2. The number of aromatic hydroxyl groups is 6. The average Bonchev–Trinajstić information content (AvgIpc) is 1.55. The molecule has 0 amide bonds. The molecule has 4 aliphatic heterocycles. The zero-order valence-corrected chi connectivity index (χ0v) is 46.5. The van der Waals surface area contributed by atoms with E-state index in [0.717, 1.165) is 24.3 Å². The molecule has 0 saturated carbocycles. The summed E-state index contributed by atoms with van der Waals surface area (Å²) in [6, 6.07) is 13.2. The minimum atomic E-state index is -1.79. The van der Waals surface area contributed by atoms with Crippen LogP contribution in [0.15, 0.2) is 60.7 Å². The quantitative estimate of drug-likeness (QED) is 0.0401. The first-order valence-electron chi connectivity index (χ1n) is 26.9. The number of phenols is 6. The first-order valence-corrected chi connectivity index (χ1v) is 26.9. The Labute approximate surface area is 489 Å². The van der Waals surface area contributed by atoms with Gasteiger partial charge in [0.25, 0.3) is 0 Å². The van der Waals surface area contributed by atoms with Gasteiger partial charge >= 0.3 is 0 Å². The number of aryl methyl sites for hydroxylation is 2. The number of methoxy groups -OCH3 is 2. The molecule has 20 atom stereocenters. The lowest BCUT2D eigenvalue weighted by Gasteiger charge is -2.45. The average molecular weight is 1230 g/mol. The second kappa shape index (κ2) is 29.0. The molecule has 30 nitrogen and oxygen atoms in total. The van der Waals surface area contributed by atoms with E-state index in [1.165, 1.54) is 52.3 Å². The molecule has 4 fully saturated rings. The molecule has 476 valence electrons. The highest BCUT2D eigenvalue weighted by Gasteiger charge is 2.53. The van der Waals surface area contributed by atoms with Gasteiger partial charge < -0.3 is 139 Å². The molecule has 0 bridgehead atoms. The van der Waals surface area contributed by atoms with Crippen molar-refractivity contribution in [1.82, 2.24) is 0 Å². The van der Waals surface area contributed by atoms with E-state index in [2.05, 4.69) is 0 Å². The van der Waals surface area contributed by atoms with E-state index in [9.17, 15) is 102 Å². The monoisotopic (exact) mass is 1220 g/mol. The summed E-state index contributed by atoms with van der Waals surface area (Å²) < 4.78 is 54.5. The van der Waals surface area contributed by atoms with Crippen LogP contribution in [-0.4, -0.2) is 254 Å².